The van der Waals surface area contributed by atoms with Crippen molar-refractivity contribution in [1.29, 1.82) is 0 Å². The number of benzene rings is 1. The molecule has 2 N–H and O–H groups in total. The summed E-state index contributed by atoms with van der Waals surface area (Å²) in [7, 11) is 0. The molecule has 1 aromatic rings. The monoisotopic (exact) mass is 334 g/mol. The second-order valence-electron chi connectivity index (χ2n) is 6.47. The Balaban J connectivity index is 2.75. The second-order valence-corrected chi connectivity index (χ2v) is 6.47. The molecule has 0 aliphatic rings. The van der Waals surface area contributed by atoms with E-state index in [1.165, 1.54) is 0 Å². The topological polar surface area (TPSA) is 84.5 Å². The van der Waals surface area contributed by atoms with Crippen LogP contribution in [0.15, 0.2) is 30.3 Å². The molecule has 0 spiro atoms. The van der Waals surface area contributed by atoms with Gasteiger partial charge in [0.25, 0.3) is 0 Å². The van der Waals surface area contributed by atoms with Gasteiger partial charge in [0.1, 0.15) is 11.6 Å². The minimum Gasteiger partial charge on any atom is -0.458 e. The van der Waals surface area contributed by atoms with Crippen molar-refractivity contribution in [2.75, 3.05) is 6.54 Å². The van der Waals surface area contributed by atoms with Crippen LogP contribution in [0, 0.1) is 0 Å². The van der Waals surface area contributed by atoms with Crippen LogP contribution in [0.5, 0.6) is 0 Å². The number of amides is 2. The lowest BCUT2D eigenvalue weighted by Gasteiger charge is -2.24. The van der Waals surface area contributed by atoms with Crippen molar-refractivity contribution < 1.29 is 19.1 Å². The highest BCUT2D eigenvalue weighted by atomic mass is 16.6. The first kappa shape index (κ1) is 19.7. The van der Waals surface area contributed by atoms with Crippen LogP contribution in [0.4, 0.5) is 0 Å². The predicted octanol–water partition coefficient (Wildman–Crippen LogP) is 1.58. The third-order valence-electron chi connectivity index (χ3n) is 3.08. The highest BCUT2D eigenvalue weighted by Gasteiger charge is 2.26. The summed E-state index contributed by atoms with van der Waals surface area (Å²) in [5.41, 5.74) is 0.263. The summed E-state index contributed by atoms with van der Waals surface area (Å²) in [6.07, 6.45) is 0.621. The lowest BCUT2D eigenvalue weighted by atomic mass is 10.1. The summed E-state index contributed by atoms with van der Waals surface area (Å²) in [6, 6.07) is 8.56. The van der Waals surface area contributed by atoms with Crippen LogP contribution >= 0.6 is 0 Å². The molecule has 0 saturated heterocycles. The van der Waals surface area contributed by atoms with Gasteiger partial charge in [-0.2, -0.15) is 0 Å². The molecular weight excluding hydrogens is 308 g/mol. The summed E-state index contributed by atoms with van der Waals surface area (Å²) in [4.78, 5) is 35.6. The molecule has 2 amide bonds. The molecule has 6 nitrogen and oxygen atoms in total. The smallest absolute Gasteiger partial charge is 0.329 e. The van der Waals surface area contributed by atoms with E-state index in [0.717, 1.165) is 5.56 Å². The Morgan fingerprint density at radius 3 is 2.25 bits per heavy atom. The summed E-state index contributed by atoms with van der Waals surface area (Å²) in [5, 5.41) is 5.12. The molecule has 1 aromatic carbocycles. The van der Waals surface area contributed by atoms with Gasteiger partial charge >= 0.3 is 5.97 Å². The van der Waals surface area contributed by atoms with E-state index in [9.17, 15) is 14.4 Å². The molecule has 0 radical (unpaired) electrons. The first-order chi connectivity index (χ1) is 11.2. The fraction of sp³-hybridized carbons (Fsp3) is 0.500. The first-order valence-corrected chi connectivity index (χ1v) is 8.04. The SMILES string of the molecule is CCC(=O)NCC(=O)N[C@@H](Cc1ccccc1)C(=O)OC(C)(C)C. The molecule has 1 atom stereocenters. The van der Waals surface area contributed by atoms with Gasteiger partial charge in [0.15, 0.2) is 0 Å². The largest absolute Gasteiger partial charge is 0.458 e. The fourth-order valence-corrected chi connectivity index (χ4v) is 1.97. The number of hydrogen-bond acceptors (Lipinski definition) is 4. The van der Waals surface area contributed by atoms with Crippen LogP contribution in [0.3, 0.4) is 0 Å². The van der Waals surface area contributed by atoms with Crippen LogP contribution in [0.25, 0.3) is 0 Å². The third-order valence-corrected chi connectivity index (χ3v) is 3.08. The molecule has 1 rings (SSSR count). The lowest BCUT2D eigenvalue weighted by Crippen LogP contribution is -2.48. The summed E-state index contributed by atoms with van der Waals surface area (Å²) < 4.78 is 5.38. The molecule has 0 aliphatic carbocycles. The minimum absolute atomic E-state index is 0.166. The quantitative estimate of drug-likeness (QED) is 0.742. The molecule has 132 valence electrons. The van der Waals surface area contributed by atoms with Gasteiger partial charge in [0.2, 0.25) is 11.8 Å². The predicted molar refractivity (Wildman–Crippen MR) is 91.2 cm³/mol. The van der Waals surface area contributed by atoms with Crippen LogP contribution in [-0.4, -0.2) is 36.0 Å². The van der Waals surface area contributed by atoms with Crippen molar-refractivity contribution >= 4 is 17.8 Å². The van der Waals surface area contributed by atoms with E-state index in [0.29, 0.717) is 12.8 Å². The van der Waals surface area contributed by atoms with Crippen molar-refractivity contribution in [2.45, 2.75) is 52.2 Å². The van der Waals surface area contributed by atoms with E-state index in [2.05, 4.69) is 10.6 Å². The van der Waals surface area contributed by atoms with E-state index in [1.54, 1.807) is 27.7 Å². The average molecular weight is 334 g/mol. The first-order valence-electron chi connectivity index (χ1n) is 8.04. The Bertz CT molecular complexity index is 564. The number of hydrogen-bond donors (Lipinski definition) is 2. The van der Waals surface area contributed by atoms with Crippen molar-refractivity contribution in [2.24, 2.45) is 0 Å². The zero-order valence-electron chi connectivity index (χ0n) is 14.7. The summed E-state index contributed by atoms with van der Waals surface area (Å²) in [6.45, 7) is 6.85. The Kier molecular flexibility index (Phi) is 7.42. The molecule has 0 aliphatic heterocycles. The normalized spacial score (nSPS) is 12.2. The Morgan fingerprint density at radius 2 is 1.71 bits per heavy atom. The molecule has 0 saturated carbocycles. The van der Waals surface area contributed by atoms with Gasteiger partial charge in [-0.05, 0) is 26.3 Å². The van der Waals surface area contributed by atoms with E-state index >= 15 is 0 Å². The van der Waals surface area contributed by atoms with Crippen LogP contribution in [-0.2, 0) is 25.5 Å². The van der Waals surface area contributed by atoms with Gasteiger partial charge in [-0.1, -0.05) is 37.3 Å². The summed E-state index contributed by atoms with van der Waals surface area (Å²) >= 11 is 0. The van der Waals surface area contributed by atoms with E-state index in [4.69, 9.17) is 4.74 Å². The molecule has 24 heavy (non-hydrogen) atoms. The molecular formula is C18H26N2O4. The number of esters is 1. The number of carbonyl (C=O) groups excluding carboxylic acids is 3. The fourth-order valence-electron chi connectivity index (χ4n) is 1.97. The maximum Gasteiger partial charge on any atom is 0.329 e. The van der Waals surface area contributed by atoms with E-state index < -0.39 is 23.5 Å². The average Bonchev–Trinajstić information content (AvgIpc) is 2.51. The highest BCUT2D eigenvalue weighted by molar-refractivity contribution is 5.88. The second kappa shape index (κ2) is 9.05. The Labute approximate surface area is 143 Å². The molecule has 0 bridgehead atoms. The highest BCUT2D eigenvalue weighted by Crippen LogP contribution is 2.11. The molecule has 0 heterocycles. The molecule has 0 unspecified atom stereocenters. The standard InChI is InChI=1S/C18H26N2O4/c1-5-15(21)19-12-16(22)20-14(17(23)24-18(2,3)4)11-13-9-7-6-8-10-13/h6-10,14H,5,11-12H2,1-4H3,(H,19,21)(H,20,22)/t14-/m0/s1. The van der Waals surface area contributed by atoms with Gasteiger partial charge < -0.3 is 15.4 Å². The zero-order chi connectivity index (χ0) is 18.2. The van der Waals surface area contributed by atoms with Crippen LogP contribution < -0.4 is 10.6 Å². The van der Waals surface area contributed by atoms with Crippen molar-refractivity contribution in [1.82, 2.24) is 10.6 Å². The zero-order valence-corrected chi connectivity index (χ0v) is 14.7. The van der Waals surface area contributed by atoms with Gasteiger partial charge in [-0.25, -0.2) is 4.79 Å². The molecule has 0 fully saturated rings. The Hall–Kier alpha value is -2.37. The van der Waals surface area contributed by atoms with Crippen LogP contribution in [0.1, 0.15) is 39.7 Å². The minimum atomic E-state index is -0.808. The van der Waals surface area contributed by atoms with Gasteiger partial charge in [0.05, 0.1) is 6.54 Å². The Morgan fingerprint density at radius 1 is 1.08 bits per heavy atom. The number of rotatable bonds is 7. The number of nitrogens with one attached hydrogen (secondary N) is 2. The number of carbonyl (C=O) groups is 3. The van der Waals surface area contributed by atoms with Gasteiger partial charge in [-0.3, -0.25) is 9.59 Å². The van der Waals surface area contributed by atoms with Crippen molar-refractivity contribution in [3.05, 3.63) is 35.9 Å². The number of ether oxygens (including phenoxy) is 1. The van der Waals surface area contributed by atoms with E-state index in [1.807, 2.05) is 30.3 Å². The van der Waals surface area contributed by atoms with Gasteiger partial charge in [-0.15, -0.1) is 0 Å². The van der Waals surface area contributed by atoms with Gasteiger partial charge in [0, 0.05) is 12.8 Å². The molecule has 6 heteroatoms. The van der Waals surface area contributed by atoms with Crippen molar-refractivity contribution in [3.63, 3.8) is 0 Å². The summed E-state index contributed by atoms with van der Waals surface area (Å²) in [5.74, 6) is -1.15. The lowest BCUT2D eigenvalue weighted by molar-refractivity contribution is -0.158. The van der Waals surface area contributed by atoms with E-state index in [-0.39, 0.29) is 12.5 Å². The maximum atomic E-state index is 12.4. The van der Waals surface area contributed by atoms with Crippen LogP contribution in [0.2, 0.25) is 0 Å². The molecule has 0 aromatic heterocycles. The third kappa shape index (κ3) is 7.76. The maximum absolute atomic E-state index is 12.4. The van der Waals surface area contributed by atoms with Crippen molar-refractivity contribution in [3.8, 4) is 0 Å².